The van der Waals surface area contributed by atoms with Crippen LogP contribution in [0.25, 0.3) is 0 Å². The van der Waals surface area contributed by atoms with Gasteiger partial charge in [0.05, 0.1) is 17.7 Å². The number of nitriles is 1. The summed E-state index contributed by atoms with van der Waals surface area (Å²) in [6.07, 6.45) is 3.76. The lowest BCUT2D eigenvalue weighted by Gasteiger charge is -2.16. The highest BCUT2D eigenvalue weighted by atomic mass is 35.5. The van der Waals surface area contributed by atoms with Gasteiger partial charge in [-0.2, -0.15) is 5.26 Å². The summed E-state index contributed by atoms with van der Waals surface area (Å²) in [7, 11) is 0. The lowest BCUT2D eigenvalue weighted by Crippen LogP contribution is -2.21. The summed E-state index contributed by atoms with van der Waals surface area (Å²) in [5, 5.41) is 9.59. The largest absolute Gasteiger partial charge is 0.492 e. The second-order valence-corrected chi connectivity index (χ2v) is 5.56. The molecule has 1 aromatic rings. The van der Waals surface area contributed by atoms with Crippen LogP contribution in [0.5, 0.6) is 5.75 Å². The van der Waals surface area contributed by atoms with E-state index in [0.717, 1.165) is 24.8 Å². The topological polar surface area (TPSA) is 59.0 Å². The van der Waals surface area contributed by atoms with Crippen molar-refractivity contribution in [3.63, 3.8) is 0 Å². The van der Waals surface area contributed by atoms with E-state index in [1.54, 1.807) is 6.07 Å². The first-order chi connectivity index (χ1) is 9.58. The number of ether oxygens (including phenoxy) is 1. The van der Waals surface area contributed by atoms with Gasteiger partial charge < -0.3 is 10.5 Å². The Morgan fingerprint density at radius 2 is 2.10 bits per heavy atom. The van der Waals surface area contributed by atoms with E-state index in [2.05, 4.69) is 6.07 Å². The highest BCUT2D eigenvalue weighted by molar-refractivity contribution is 6.35. The number of nitrogens with two attached hydrogens (primary N) is 1. The number of rotatable bonds is 8. The van der Waals surface area contributed by atoms with Gasteiger partial charge in [0.25, 0.3) is 0 Å². The van der Waals surface area contributed by atoms with Crippen molar-refractivity contribution < 1.29 is 4.74 Å². The Morgan fingerprint density at radius 3 is 2.75 bits per heavy atom. The fraction of sp³-hybridized carbons (Fsp3) is 0.533. The summed E-state index contributed by atoms with van der Waals surface area (Å²) in [6, 6.07) is 5.71. The molecule has 1 unspecified atom stereocenters. The quantitative estimate of drug-likeness (QED) is 0.726. The van der Waals surface area contributed by atoms with Crippen LogP contribution in [0.3, 0.4) is 0 Å². The highest BCUT2D eigenvalue weighted by Gasteiger charge is 2.13. The molecule has 1 rings (SSSR count). The zero-order valence-electron chi connectivity index (χ0n) is 11.7. The molecule has 0 heterocycles. The minimum Gasteiger partial charge on any atom is -0.492 e. The van der Waals surface area contributed by atoms with Crippen LogP contribution in [-0.2, 0) is 6.42 Å². The van der Waals surface area contributed by atoms with Crippen molar-refractivity contribution in [2.75, 3.05) is 6.61 Å². The molecule has 0 spiro atoms. The number of hydrogen-bond donors (Lipinski definition) is 1. The third-order valence-corrected chi connectivity index (χ3v) is 3.52. The fourth-order valence-corrected chi connectivity index (χ4v) is 2.42. The molecule has 2 N–H and O–H groups in total. The van der Waals surface area contributed by atoms with Gasteiger partial charge in [-0.3, -0.25) is 0 Å². The molecule has 110 valence electrons. The molecular weight excluding hydrogens is 295 g/mol. The molecule has 0 aromatic heterocycles. The molecule has 0 aliphatic heterocycles. The molecule has 0 bridgehead atoms. The normalized spacial score (nSPS) is 11.9. The smallest absolute Gasteiger partial charge is 0.141 e. The van der Waals surface area contributed by atoms with Crippen LogP contribution in [0.15, 0.2) is 12.1 Å². The first-order valence-corrected chi connectivity index (χ1v) is 7.57. The van der Waals surface area contributed by atoms with Gasteiger partial charge in [0, 0.05) is 17.5 Å². The van der Waals surface area contributed by atoms with Crippen molar-refractivity contribution in [3.05, 3.63) is 27.7 Å². The second kappa shape index (κ2) is 9.07. The van der Waals surface area contributed by atoms with Gasteiger partial charge in [-0.1, -0.05) is 30.1 Å². The Kier molecular flexibility index (Phi) is 7.76. The number of nitrogens with zero attached hydrogens (tertiary/aromatic N) is 1. The molecule has 0 aliphatic carbocycles. The number of hydrogen-bond acceptors (Lipinski definition) is 3. The van der Waals surface area contributed by atoms with E-state index in [0.29, 0.717) is 35.2 Å². The summed E-state index contributed by atoms with van der Waals surface area (Å²) < 4.78 is 5.76. The molecule has 0 radical (unpaired) electrons. The minimum absolute atomic E-state index is 0.0606. The van der Waals surface area contributed by atoms with Crippen LogP contribution >= 0.6 is 23.2 Å². The molecular formula is C15H20Cl2N2O. The van der Waals surface area contributed by atoms with E-state index in [1.807, 2.05) is 13.0 Å². The minimum atomic E-state index is 0.0606. The molecule has 0 amide bonds. The summed E-state index contributed by atoms with van der Waals surface area (Å²) in [5.41, 5.74) is 6.93. The zero-order chi connectivity index (χ0) is 15.0. The molecule has 1 atom stereocenters. The van der Waals surface area contributed by atoms with Crippen LogP contribution in [0.1, 0.15) is 38.2 Å². The molecule has 0 aliphatic rings. The van der Waals surface area contributed by atoms with E-state index in [1.165, 1.54) is 0 Å². The third-order valence-electron chi connectivity index (χ3n) is 3.02. The molecule has 20 heavy (non-hydrogen) atoms. The number of halogens is 2. The van der Waals surface area contributed by atoms with Crippen LogP contribution in [0, 0.1) is 11.3 Å². The Labute approximate surface area is 130 Å². The Morgan fingerprint density at radius 1 is 1.35 bits per heavy atom. The predicted molar refractivity (Wildman–Crippen MR) is 83.4 cm³/mol. The summed E-state index contributed by atoms with van der Waals surface area (Å²) >= 11 is 12.2. The third kappa shape index (κ3) is 5.58. The first kappa shape index (κ1) is 17.1. The molecule has 1 aromatic carbocycles. The second-order valence-electron chi connectivity index (χ2n) is 4.71. The van der Waals surface area contributed by atoms with Gasteiger partial charge >= 0.3 is 0 Å². The molecule has 0 saturated heterocycles. The van der Waals surface area contributed by atoms with E-state index in [9.17, 15) is 0 Å². The van der Waals surface area contributed by atoms with Gasteiger partial charge in [0.2, 0.25) is 0 Å². The summed E-state index contributed by atoms with van der Waals surface area (Å²) in [4.78, 5) is 0. The van der Waals surface area contributed by atoms with Crippen molar-refractivity contribution in [2.45, 2.75) is 45.1 Å². The van der Waals surface area contributed by atoms with Gasteiger partial charge in [-0.05, 0) is 43.4 Å². The van der Waals surface area contributed by atoms with Gasteiger partial charge in [0.15, 0.2) is 0 Å². The molecule has 0 fully saturated rings. The zero-order valence-corrected chi connectivity index (χ0v) is 13.2. The van der Waals surface area contributed by atoms with Crippen LogP contribution in [-0.4, -0.2) is 12.6 Å². The van der Waals surface area contributed by atoms with Crippen molar-refractivity contribution in [2.24, 2.45) is 5.73 Å². The maximum Gasteiger partial charge on any atom is 0.141 e. The Hall–Kier alpha value is -0.950. The van der Waals surface area contributed by atoms with E-state index < -0.39 is 0 Å². The van der Waals surface area contributed by atoms with E-state index in [4.69, 9.17) is 38.9 Å². The van der Waals surface area contributed by atoms with Crippen LogP contribution in [0.4, 0.5) is 0 Å². The maximum atomic E-state index is 8.49. The van der Waals surface area contributed by atoms with E-state index in [-0.39, 0.29) is 6.04 Å². The maximum absolute atomic E-state index is 8.49. The van der Waals surface area contributed by atoms with Gasteiger partial charge in [-0.25, -0.2) is 0 Å². The van der Waals surface area contributed by atoms with Crippen LogP contribution in [0.2, 0.25) is 10.0 Å². The fourth-order valence-electron chi connectivity index (χ4n) is 1.83. The van der Waals surface area contributed by atoms with Crippen molar-refractivity contribution >= 4 is 23.2 Å². The van der Waals surface area contributed by atoms with Crippen LogP contribution < -0.4 is 10.5 Å². The molecule has 0 saturated carbocycles. The average molecular weight is 315 g/mol. The summed E-state index contributed by atoms with van der Waals surface area (Å²) in [6.45, 7) is 2.58. The number of unbranched alkanes of at least 4 members (excludes halogenated alkanes) is 2. The lowest BCUT2D eigenvalue weighted by molar-refractivity contribution is 0.304. The summed E-state index contributed by atoms with van der Waals surface area (Å²) in [5.74, 6) is 0.664. The first-order valence-electron chi connectivity index (χ1n) is 6.81. The standard InChI is InChI=1S/C15H20Cl2N2O/c1-2-13(19)9-11-8-12(16)10-14(17)15(11)20-7-5-3-4-6-18/h8,10,13H,2-5,7,9,19H2,1H3. The lowest BCUT2D eigenvalue weighted by atomic mass is 10.0. The average Bonchev–Trinajstić information content (AvgIpc) is 2.40. The predicted octanol–water partition coefficient (Wildman–Crippen LogP) is 4.35. The van der Waals surface area contributed by atoms with Crippen molar-refractivity contribution in [3.8, 4) is 11.8 Å². The van der Waals surface area contributed by atoms with Gasteiger partial charge in [0.1, 0.15) is 5.75 Å². The Balaban J connectivity index is 2.74. The van der Waals surface area contributed by atoms with E-state index >= 15 is 0 Å². The molecule has 3 nitrogen and oxygen atoms in total. The monoisotopic (exact) mass is 314 g/mol. The highest BCUT2D eigenvalue weighted by Crippen LogP contribution is 2.33. The Bertz CT molecular complexity index is 472. The SMILES string of the molecule is CCC(N)Cc1cc(Cl)cc(Cl)c1OCCCCC#N. The van der Waals surface area contributed by atoms with Gasteiger partial charge in [-0.15, -0.1) is 0 Å². The molecule has 5 heteroatoms. The van der Waals surface area contributed by atoms with Crippen molar-refractivity contribution in [1.82, 2.24) is 0 Å². The number of benzene rings is 1. The van der Waals surface area contributed by atoms with Crippen molar-refractivity contribution in [1.29, 1.82) is 5.26 Å².